The minimum absolute atomic E-state index is 0.315. The quantitative estimate of drug-likeness (QED) is 0.317. The first-order valence-electron chi connectivity index (χ1n) is 7.79. The summed E-state index contributed by atoms with van der Waals surface area (Å²) in [4.78, 5) is 0. The van der Waals surface area contributed by atoms with Crippen molar-refractivity contribution >= 4 is 0 Å². The molecule has 134 valence electrons. The highest BCUT2D eigenvalue weighted by Gasteiger charge is 2.45. The maximum atomic E-state index is 10.3. The molecule has 1 aliphatic heterocycles. The Bertz CT molecular complexity index is 432. The summed E-state index contributed by atoms with van der Waals surface area (Å²) in [6.45, 7) is 3.09. The molecule has 0 amide bonds. The number of aliphatic hydroxyl groups is 5. The van der Waals surface area contributed by atoms with Crippen molar-refractivity contribution in [2.24, 2.45) is 5.92 Å². The Morgan fingerprint density at radius 3 is 2.35 bits per heavy atom. The van der Waals surface area contributed by atoms with Gasteiger partial charge in [0.15, 0.2) is 6.29 Å². The number of hydrogen-bond donors (Lipinski definition) is 6. The molecule has 23 heavy (non-hydrogen) atoms. The van der Waals surface area contributed by atoms with Gasteiger partial charge in [-0.3, -0.25) is 0 Å². The lowest BCUT2D eigenvalue weighted by atomic mass is 9.81. The molecule has 0 aromatic carbocycles. The van der Waals surface area contributed by atoms with Crippen molar-refractivity contribution < 1.29 is 35.0 Å². The molecule has 6 N–H and O–H groups in total. The van der Waals surface area contributed by atoms with E-state index in [0.29, 0.717) is 5.57 Å². The highest BCUT2D eigenvalue weighted by molar-refractivity contribution is 5.21. The lowest BCUT2D eigenvalue weighted by Gasteiger charge is -2.44. The van der Waals surface area contributed by atoms with Crippen molar-refractivity contribution in [3.8, 4) is 0 Å². The molecule has 2 aliphatic rings. The number of nitrogens with one attached hydrogen (secondary N) is 1. The third-order valence-electron chi connectivity index (χ3n) is 4.83. The molecule has 0 bridgehead atoms. The van der Waals surface area contributed by atoms with Gasteiger partial charge in [-0.2, -0.15) is 0 Å². The van der Waals surface area contributed by atoms with Crippen molar-refractivity contribution in [2.75, 3.05) is 13.7 Å². The van der Waals surface area contributed by atoms with Crippen LogP contribution in [0.3, 0.4) is 0 Å². The molecule has 0 aromatic heterocycles. The van der Waals surface area contributed by atoms with E-state index in [1.165, 1.54) is 7.11 Å². The number of rotatable bonds is 4. The molecule has 8 nitrogen and oxygen atoms in total. The second-order valence-corrected chi connectivity index (χ2v) is 6.34. The second-order valence-electron chi connectivity index (χ2n) is 6.34. The van der Waals surface area contributed by atoms with Crippen molar-refractivity contribution in [1.29, 1.82) is 0 Å². The molecule has 1 heterocycles. The lowest BCUT2D eigenvalue weighted by molar-refractivity contribution is -0.264. The van der Waals surface area contributed by atoms with E-state index in [-0.39, 0.29) is 6.61 Å². The summed E-state index contributed by atoms with van der Waals surface area (Å²) in [6, 6.07) is -1.23. The van der Waals surface area contributed by atoms with Crippen LogP contribution in [0.25, 0.3) is 0 Å². The molecule has 0 aromatic rings. The molecule has 3 unspecified atom stereocenters. The fourth-order valence-corrected chi connectivity index (χ4v) is 3.25. The van der Waals surface area contributed by atoms with Crippen molar-refractivity contribution in [1.82, 2.24) is 5.32 Å². The molecule has 8 heteroatoms. The van der Waals surface area contributed by atoms with Crippen LogP contribution in [0.4, 0.5) is 0 Å². The van der Waals surface area contributed by atoms with Crippen LogP contribution in [0.1, 0.15) is 13.8 Å². The molecule has 0 spiro atoms. The first-order chi connectivity index (χ1) is 10.8. The predicted molar refractivity (Wildman–Crippen MR) is 80.4 cm³/mol. The summed E-state index contributed by atoms with van der Waals surface area (Å²) in [7, 11) is 1.38. The van der Waals surface area contributed by atoms with Gasteiger partial charge in [-0.25, -0.2) is 0 Å². The van der Waals surface area contributed by atoms with Gasteiger partial charge in [0.1, 0.15) is 12.2 Å². The van der Waals surface area contributed by atoms with Crippen molar-refractivity contribution in [2.45, 2.75) is 62.7 Å². The first-order valence-corrected chi connectivity index (χ1v) is 7.79. The maximum Gasteiger partial charge on any atom is 0.186 e. The molecular weight excluding hydrogens is 306 g/mol. The zero-order chi connectivity index (χ0) is 17.3. The average Bonchev–Trinajstić information content (AvgIpc) is 2.54. The Hall–Kier alpha value is -0.580. The van der Waals surface area contributed by atoms with E-state index in [2.05, 4.69) is 5.32 Å². The van der Waals surface area contributed by atoms with E-state index in [0.717, 1.165) is 0 Å². The zero-order valence-corrected chi connectivity index (χ0v) is 13.5. The molecular formula is C15H27NO7. The fourth-order valence-electron chi connectivity index (χ4n) is 3.25. The monoisotopic (exact) mass is 333 g/mol. The molecule has 1 aliphatic carbocycles. The third kappa shape index (κ3) is 3.59. The summed E-state index contributed by atoms with van der Waals surface area (Å²) in [6.07, 6.45) is -4.03. The van der Waals surface area contributed by atoms with Gasteiger partial charge >= 0.3 is 0 Å². The molecule has 2 rings (SSSR count). The summed E-state index contributed by atoms with van der Waals surface area (Å²) in [5, 5.41) is 53.0. The van der Waals surface area contributed by atoms with E-state index in [4.69, 9.17) is 9.47 Å². The normalized spacial score (nSPS) is 48.2. The molecule has 0 radical (unpaired) electrons. The zero-order valence-electron chi connectivity index (χ0n) is 13.5. The minimum Gasteiger partial charge on any atom is -0.392 e. The molecule has 9 atom stereocenters. The van der Waals surface area contributed by atoms with E-state index >= 15 is 0 Å². The van der Waals surface area contributed by atoms with Gasteiger partial charge in [0.25, 0.3) is 0 Å². The smallest absolute Gasteiger partial charge is 0.186 e. The van der Waals surface area contributed by atoms with Crippen LogP contribution in [0, 0.1) is 5.92 Å². The minimum atomic E-state index is -1.22. The number of methoxy groups -OCH3 is 1. The topological polar surface area (TPSA) is 132 Å². The molecule has 0 saturated carbocycles. The van der Waals surface area contributed by atoms with Crippen LogP contribution in [0.15, 0.2) is 11.6 Å². The van der Waals surface area contributed by atoms with Gasteiger partial charge in [-0.1, -0.05) is 13.0 Å². The van der Waals surface area contributed by atoms with Gasteiger partial charge < -0.3 is 40.3 Å². The van der Waals surface area contributed by atoms with Gasteiger partial charge in [0.2, 0.25) is 0 Å². The molecule has 1 fully saturated rings. The van der Waals surface area contributed by atoms with Gasteiger partial charge in [0, 0.05) is 13.0 Å². The van der Waals surface area contributed by atoms with Crippen molar-refractivity contribution in [3.05, 3.63) is 11.6 Å². The average molecular weight is 333 g/mol. The van der Waals surface area contributed by atoms with Crippen LogP contribution in [0.2, 0.25) is 0 Å². The van der Waals surface area contributed by atoms with E-state index in [1.807, 2.05) is 0 Å². The van der Waals surface area contributed by atoms with Gasteiger partial charge in [0.05, 0.1) is 37.0 Å². The SMILES string of the molecule is CO[C@@H]1O[C@H](C)[C@H](NC2C=C(CO)[C@@H](O)C(C)[C@H]2O)C(O)[C@@H]1O. The predicted octanol–water partition coefficient (Wildman–Crippen LogP) is -2.28. The Labute approximate surface area is 135 Å². The maximum absolute atomic E-state index is 10.3. The number of aliphatic hydroxyl groups excluding tert-OH is 5. The largest absolute Gasteiger partial charge is 0.392 e. The van der Waals surface area contributed by atoms with E-state index in [9.17, 15) is 25.5 Å². The number of ether oxygens (including phenoxy) is 2. The summed E-state index contributed by atoms with van der Waals surface area (Å²) in [5.41, 5.74) is 0.412. The van der Waals surface area contributed by atoms with Crippen molar-refractivity contribution in [3.63, 3.8) is 0 Å². The highest BCUT2D eigenvalue weighted by atomic mass is 16.7. The summed E-state index contributed by atoms with van der Waals surface area (Å²) >= 11 is 0. The summed E-state index contributed by atoms with van der Waals surface area (Å²) < 4.78 is 10.5. The van der Waals surface area contributed by atoms with Crippen LogP contribution < -0.4 is 5.32 Å². The summed E-state index contributed by atoms with van der Waals surface area (Å²) in [5.74, 6) is -0.478. The van der Waals surface area contributed by atoms with Crippen LogP contribution in [-0.2, 0) is 9.47 Å². The lowest BCUT2D eigenvalue weighted by Crippen LogP contribution is -2.65. The first kappa shape index (κ1) is 18.8. The van der Waals surface area contributed by atoms with Gasteiger partial charge in [-0.05, 0) is 12.5 Å². The Kier molecular flexibility index (Phi) is 6.15. The third-order valence-corrected chi connectivity index (χ3v) is 4.83. The number of hydrogen-bond acceptors (Lipinski definition) is 8. The Morgan fingerprint density at radius 1 is 1.13 bits per heavy atom. The fraction of sp³-hybridized carbons (Fsp3) is 0.867. The standard InChI is InChI=1S/C15H27NO7/c1-6-11(18)8(5-17)4-9(12(6)19)16-10-7(2)23-15(22-3)14(21)13(10)20/h4,6-7,9-21H,5H2,1-3H3/t6?,7-,9?,10+,11+,12-,13?,14+,15-/m1/s1. The second kappa shape index (κ2) is 7.54. The van der Waals surface area contributed by atoms with E-state index < -0.39 is 54.8 Å². The van der Waals surface area contributed by atoms with Crippen LogP contribution in [-0.4, -0.2) is 88.1 Å². The van der Waals surface area contributed by atoms with E-state index in [1.54, 1.807) is 19.9 Å². The highest BCUT2D eigenvalue weighted by Crippen LogP contribution is 2.28. The van der Waals surface area contributed by atoms with Crippen LogP contribution in [0.5, 0.6) is 0 Å². The molecule has 1 saturated heterocycles. The Balaban J connectivity index is 2.15. The van der Waals surface area contributed by atoms with Gasteiger partial charge in [-0.15, -0.1) is 0 Å². The van der Waals surface area contributed by atoms with Crippen LogP contribution >= 0.6 is 0 Å². The Morgan fingerprint density at radius 2 is 1.78 bits per heavy atom.